The summed E-state index contributed by atoms with van der Waals surface area (Å²) in [6, 6.07) is 15.8. The van der Waals surface area contributed by atoms with Crippen molar-refractivity contribution in [2.75, 3.05) is 10.6 Å². The molecule has 1 amide bonds. The van der Waals surface area contributed by atoms with E-state index < -0.39 is 0 Å². The first-order chi connectivity index (χ1) is 12.5. The number of carbonyl (C=O) groups excluding carboxylic acids is 1. The molecular weight excluding hydrogens is 324 g/mol. The zero-order chi connectivity index (χ0) is 18.5. The highest BCUT2D eigenvalue weighted by molar-refractivity contribution is 6.03. The third-order valence-corrected chi connectivity index (χ3v) is 4.09. The van der Waals surface area contributed by atoms with E-state index in [0.29, 0.717) is 18.1 Å². The lowest BCUT2D eigenvalue weighted by molar-refractivity contribution is 0.102. The molecule has 2 aromatic carbocycles. The molecule has 2 N–H and O–H groups in total. The first-order valence-corrected chi connectivity index (χ1v) is 8.51. The molecule has 26 heavy (non-hydrogen) atoms. The highest BCUT2D eigenvalue weighted by atomic mass is 16.1. The summed E-state index contributed by atoms with van der Waals surface area (Å²) in [5.74, 6) is 0.366. The first-order valence-electron chi connectivity index (χ1n) is 8.51. The zero-order valence-corrected chi connectivity index (χ0v) is 15.2. The number of aryl methyl sites for hydroxylation is 3. The summed E-state index contributed by atoms with van der Waals surface area (Å²) in [6.45, 7) is 6.69. The molecule has 1 heterocycles. The molecule has 1 aromatic heterocycles. The highest BCUT2D eigenvalue weighted by Crippen LogP contribution is 2.17. The molecule has 3 rings (SSSR count). The van der Waals surface area contributed by atoms with Gasteiger partial charge in [0.2, 0.25) is 0 Å². The summed E-state index contributed by atoms with van der Waals surface area (Å²) in [5.41, 5.74) is 5.65. The molecule has 0 saturated carbocycles. The smallest absolute Gasteiger partial charge is 0.274 e. The van der Waals surface area contributed by atoms with Crippen molar-refractivity contribution in [2.24, 2.45) is 0 Å². The molecule has 132 valence electrons. The van der Waals surface area contributed by atoms with Gasteiger partial charge in [0.15, 0.2) is 0 Å². The molecule has 0 unspecified atom stereocenters. The largest absolute Gasteiger partial charge is 0.366 e. The maximum Gasteiger partial charge on any atom is 0.274 e. The Morgan fingerprint density at radius 2 is 1.77 bits per heavy atom. The molecule has 0 aliphatic heterocycles. The van der Waals surface area contributed by atoms with E-state index in [1.165, 1.54) is 11.9 Å². The minimum Gasteiger partial charge on any atom is -0.366 e. The number of aromatic nitrogens is 2. The van der Waals surface area contributed by atoms with Gasteiger partial charge in [0.1, 0.15) is 17.8 Å². The van der Waals surface area contributed by atoms with E-state index in [0.717, 1.165) is 22.4 Å². The van der Waals surface area contributed by atoms with Gasteiger partial charge in [0.05, 0.1) is 0 Å². The predicted octanol–water partition coefficient (Wildman–Crippen LogP) is 4.27. The van der Waals surface area contributed by atoms with Gasteiger partial charge in [0.25, 0.3) is 5.91 Å². The topological polar surface area (TPSA) is 66.9 Å². The molecule has 0 spiro atoms. The predicted molar refractivity (Wildman–Crippen MR) is 104 cm³/mol. The number of hydrogen-bond acceptors (Lipinski definition) is 4. The lowest BCUT2D eigenvalue weighted by Gasteiger charge is -2.10. The number of anilines is 2. The Kier molecular flexibility index (Phi) is 5.27. The van der Waals surface area contributed by atoms with E-state index >= 15 is 0 Å². The van der Waals surface area contributed by atoms with Gasteiger partial charge in [0, 0.05) is 18.3 Å². The van der Waals surface area contributed by atoms with Crippen molar-refractivity contribution in [3.8, 4) is 0 Å². The second kappa shape index (κ2) is 7.78. The first kappa shape index (κ1) is 17.6. The van der Waals surface area contributed by atoms with Crippen molar-refractivity contribution in [1.82, 2.24) is 9.97 Å². The van der Waals surface area contributed by atoms with Gasteiger partial charge in [-0.3, -0.25) is 4.79 Å². The number of benzene rings is 2. The van der Waals surface area contributed by atoms with Crippen LogP contribution in [0.2, 0.25) is 0 Å². The molecule has 5 nitrogen and oxygen atoms in total. The van der Waals surface area contributed by atoms with Gasteiger partial charge in [-0.15, -0.1) is 0 Å². The van der Waals surface area contributed by atoms with Crippen LogP contribution in [0.3, 0.4) is 0 Å². The minimum absolute atomic E-state index is 0.252. The van der Waals surface area contributed by atoms with Crippen molar-refractivity contribution in [3.63, 3.8) is 0 Å². The van der Waals surface area contributed by atoms with E-state index in [4.69, 9.17) is 0 Å². The SMILES string of the molecule is Cc1cccc(CNc2cc(C(=O)Nc3ccc(C)cc3C)ncn2)c1. The Hall–Kier alpha value is -3.21. The lowest BCUT2D eigenvalue weighted by atomic mass is 10.1. The maximum absolute atomic E-state index is 12.5. The fourth-order valence-electron chi connectivity index (χ4n) is 2.73. The van der Waals surface area contributed by atoms with E-state index in [-0.39, 0.29) is 5.91 Å². The molecule has 3 aromatic rings. The van der Waals surface area contributed by atoms with Crippen molar-refractivity contribution >= 4 is 17.4 Å². The van der Waals surface area contributed by atoms with Gasteiger partial charge < -0.3 is 10.6 Å². The molecular formula is C21H22N4O. The Morgan fingerprint density at radius 1 is 0.962 bits per heavy atom. The monoisotopic (exact) mass is 346 g/mol. The van der Waals surface area contributed by atoms with E-state index in [9.17, 15) is 4.79 Å². The van der Waals surface area contributed by atoms with E-state index in [1.807, 2.05) is 38.1 Å². The van der Waals surface area contributed by atoms with E-state index in [2.05, 4.69) is 45.7 Å². The number of nitrogens with zero attached hydrogens (tertiary/aromatic N) is 2. The molecule has 0 radical (unpaired) electrons. The van der Waals surface area contributed by atoms with Gasteiger partial charge in [-0.05, 0) is 38.0 Å². The van der Waals surface area contributed by atoms with Crippen LogP contribution in [-0.4, -0.2) is 15.9 Å². The average molecular weight is 346 g/mol. The Morgan fingerprint density at radius 3 is 2.54 bits per heavy atom. The fourth-order valence-corrected chi connectivity index (χ4v) is 2.73. The van der Waals surface area contributed by atoms with Crippen LogP contribution in [0, 0.1) is 20.8 Å². The third kappa shape index (κ3) is 4.45. The van der Waals surface area contributed by atoms with Crippen LogP contribution in [0.15, 0.2) is 54.9 Å². The van der Waals surface area contributed by atoms with Crippen molar-refractivity contribution < 1.29 is 4.79 Å². The molecule has 0 aliphatic carbocycles. The standard InChI is InChI=1S/C21H22N4O/c1-14-5-4-6-17(10-14)12-22-20-11-19(23-13-24-20)21(26)25-18-8-7-15(2)9-16(18)3/h4-11,13H,12H2,1-3H3,(H,25,26)(H,22,23,24). The third-order valence-electron chi connectivity index (χ3n) is 4.09. The van der Waals surface area contributed by atoms with Gasteiger partial charge in [-0.2, -0.15) is 0 Å². The number of amides is 1. The normalized spacial score (nSPS) is 10.4. The van der Waals surface area contributed by atoms with Crippen LogP contribution in [0.25, 0.3) is 0 Å². The van der Waals surface area contributed by atoms with Gasteiger partial charge >= 0.3 is 0 Å². The number of nitrogens with one attached hydrogen (secondary N) is 2. The van der Waals surface area contributed by atoms with Crippen LogP contribution in [-0.2, 0) is 6.54 Å². The van der Waals surface area contributed by atoms with Crippen LogP contribution < -0.4 is 10.6 Å². The highest BCUT2D eigenvalue weighted by Gasteiger charge is 2.10. The second-order valence-electron chi connectivity index (χ2n) is 6.40. The Labute approximate surface area is 153 Å². The quantitative estimate of drug-likeness (QED) is 0.724. The summed E-state index contributed by atoms with van der Waals surface area (Å²) in [7, 11) is 0. The summed E-state index contributed by atoms with van der Waals surface area (Å²) in [6.07, 6.45) is 1.40. The summed E-state index contributed by atoms with van der Waals surface area (Å²) >= 11 is 0. The van der Waals surface area contributed by atoms with Gasteiger partial charge in [-0.25, -0.2) is 9.97 Å². The lowest BCUT2D eigenvalue weighted by Crippen LogP contribution is -2.15. The van der Waals surface area contributed by atoms with Crippen molar-refractivity contribution in [1.29, 1.82) is 0 Å². The number of rotatable bonds is 5. The molecule has 0 saturated heterocycles. The molecule has 5 heteroatoms. The molecule has 0 bridgehead atoms. The van der Waals surface area contributed by atoms with Crippen LogP contribution >= 0.6 is 0 Å². The van der Waals surface area contributed by atoms with Crippen LogP contribution in [0.4, 0.5) is 11.5 Å². The molecule has 0 atom stereocenters. The fraction of sp³-hybridized carbons (Fsp3) is 0.190. The Balaban J connectivity index is 1.69. The molecule has 0 aliphatic rings. The van der Waals surface area contributed by atoms with Crippen molar-refractivity contribution in [3.05, 3.63) is 82.8 Å². The molecule has 0 fully saturated rings. The van der Waals surface area contributed by atoms with Crippen LogP contribution in [0.1, 0.15) is 32.7 Å². The average Bonchev–Trinajstić information content (AvgIpc) is 2.62. The van der Waals surface area contributed by atoms with Crippen LogP contribution in [0.5, 0.6) is 0 Å². The summed E-state index contributed by atoms with van der Waals surface area (Å²) in [4.78, 5) is 20.8. The maximum atomic E-state index is 12.5. The summed E-state index contributed by atoms with van der Waals surface area (Å²) in [5, 5.41) is 6.14. The minimum atomic E-state index is -0.252. The number of hydrogen-bond donors (Lipinski definition) is 2. The van der Waals surface area contributed by atoms with Crippen molar-refractivity contribution in [2.45, 2.75) is 27.3 Å². The Bertz CT molecular complexity index is 937. The number of carbonyl (C=O) groups is 1. The van der Waals surface area contributed by atoms with Gasteiger partial charge in [-0.1, -0.05) is 47.5 Å². The zero-order valence-electron chi connectivity index (χ0n) is 15.2. The van der Waals surface area contributed by atoms with E-state index in [1.54, 1.807) is 6.07 Å². The summed E-state index contributed by atoms with van der Waals surface area (Å²) < 4.78 is 0. The second-order valence-corrected chi connectivity index (χ2v) is 6.40.